The Labute approximate surface area is 104 Å². The number of nitrogens with zero attached hydrogens (tertiary/aromatic N) is 2. The molecule has 0 fully saturated rings. The van der Waals surface area contributed by atoms with E-state index in [1.54, 1.807) is 14.0 Å². The van der Waals surface area contributed by atoms with E-state index in [1.165, 1.54) is 6.20 Å². The molecule has 2 rings (SSSR count). The molecule has 0 aliphatic rings. The lowest BCUT2D eigenvalue weighted by Gasteiger charge is -2.08. The Morgan fingerprint density at radius 1 is 1.22 bits per heavy atom. The summed E-state index contributed by atoms with van der Waals surface area (Å²) < 4.78 is 31.2. The van der Waals surface area contributed by atoms with E-state index in [4.69, 9.17) is 4.74 Å². The molecule has 96 valence electrons. The molecule has 5 heteroatoms. The fourth-order valence-corrected chi connectivity index (χ4v) is 1.95. The molecular formula is C13H14F2N2O. The minimum atomic E-state index is -2.61. The molecule has 0 aliphatic heterocycles. The first kappa shape index (κ1) is 12.5. The lowest BCUT2D eigenvalue weighted by molar-refractivity contribution is 0.0545. The summed E-state index contributed by atoms with van der Waals surface area (Å²) >= 11 is 0. The summed E-state index contributed by atoms with van der Waals surface area (Å²) in [6.45, 7) is 0.937. The Balaban J connectivity index is 2.49. The monoisotopic (exact) mass is 252 g/mol. The highest BCUT2D eigenvalue weighted by atomic mass is 19.3. The number of methoxy groups -OCH3 is 1. The summed E-state index contributed by atoms with van der Waals surface area (Å²) in [5.74, 6) is 0.746. The van der Waals surface area contributed by atoms with Crippen LogP contribution in [0.3, 0.4) is 0 Å². The number of hydrogen-bond donors (Lipinski definition) is 0. The van der Waals surface area contributed by atoms with Gasteiger partial charge < -0.3 is 4.74 Å². The third-order valence-corrected chi connectivity index (χ3v) is 2.95. The van der Waals surface area contributed by atoms with Gasteiger partial charge in [0.15, 0.2) is 0 Å². The van der Waals surface area contributed by atoms with Gasteiger partial charge >= 0.3 is 6.55 Å². The molecule has 0 amide bonds. The molecule has 3 nitrogen and oxygen atoms in total. The molecule has 0 spiro atoms. The van der Waals surface area contributed by atoms with Gasteiger partial charge in [-0.1, -0.05) is 6.07 Å². The van der Waals surface area contributed by atoms with Crippen LogP contribution >= 0.6 is 0 Å². The maximum atomic E-state index is 12.7. The molecule has 2 aromatic rings. The summed E-state index contributed by atoms with van der Waals surface area (Å²) in [4.78, 5) is 0. The molecule has 0 N–H and O–H groups in total. The molecule has 0 unspecified atom stereocenters. The number of aromatic nitrogens is 2. The Kier molecular flexibility index (Phi) is 3.32. The Morgan fingerprint density at radius 3 is 2.44 bits per heavy atom. The fourth-order valence-electron chi connectivity index (χ4n) is 1.95. The van der Waals surface area contributed by atoms with Crippen LogP contribution in [0.15, 0.2) is 24.4 Å². The highest BCUT2D eigenvalue weighted by molar-refractivity contribution is 5.69. The number of rotatable bonds is 3. The van der Waals surface area contributed by atoms with Gasteiger partial charge in [0.25, 0.3) is 0 Å². The smallest absolute Gasteiger partial charge is 0.333 e. The molecule has 0 aliphatic carbocycles. The molecule has 1 aromatic carbocycles. The van der Waals surface area contributed by atoms with Crippen molar-refractivity contribution < 1.29 is 13.5 Å². The van der Waals surface area contributed by atoms with Crippen molar-refractivity contribution in [2.75, 3.05) is 7.11 Å². The number of halogens is 2. The van der Waals surface area contributed by atoms with Crippen LogP contribution in [0.2, 0.25) is 0 Å². The molecule has 0 radical (unpaired) electrons. The average Bonchev–Trinajstić information content (AvgIpc) is 2.71. The van der Waals surface area contributed by atoms with Gasteiger partial charge in [-0.05, 0) is 37.1 Å². The van der Waals surface area contributed by atoms with E-state index >= 15 is 0 Å². The predicted octanol–water partition coefficient (Wildman–Crippen LogP) is 3.57. The van der Waals surface area contributed by atoms with Crippen LogP contribution in [0.25, 0.3) is 11.1 Å². The van der Waals surface area contributed by atoms with Crippen LogP contribution in [0.1, 0.15) is 17.8 Å². The van der Waals surface area contributed by atoms with E-state index in [0.717, 1.165) is 27.1 Å². The van der Waals surface area contributed by atoms with Crippen molar-refractivity contribution in [3.05, 3.63) is 35.7 Å². The van der Waals surface area contributed by atoms with Crippen LogP contribution < -0.4 is 4.74 Å². The Hall–Kier alpha value is -1.91. The molecule has 0 saturated carbocycles. The van der Waals surface area contributed by atoms with E-state index in [0.29, 0.717) is 5.69 Å². The number of ether oxygens (including phenoxy) is 1. The van der Waals surface area contributed by atoms with Gasteiger partial charge in [-0.2, -0.15) is 13.9 Å². The predicted molar refractivity (Wildman–Crippen MR) is 64.9 cm³/mol. The third-order valence-electron chi connectivity index (χ3n) is 2.95. The van der Waals surface area contributed by atoms with Crippen molar-refractivity contribution in [3.63, 3.8) is 0 Å². The van der Waals surface area contributed by atoms with Gasteiger partial charge in [-0.25, -0.2) is 4.68 Å². The SMILES string of the molecule is COc1ccc(-c2cnn(C(F)F)c2C)c(C)c1. The number of benzene rings is 1. The summed E-state index contributed by atoms with van der Waals surface area (Å²) in [5, 5.41) is 3.71. The zero-order valence-corrected chi connectivity index (χ0v) is 10.4. The Morgan fingerprint density at radius 2 is 1.94 bits per heavy atom. The van der Waals surface area contributed by atoms with Crippen LogP contribution in [0.4, 0.5) is 8.78 Å². The second-order valence-corrected chi connectivity index (χ2v) is 4.05. The largest absolute Gasteiger partial charge is 0.497 e. The molecule has 0 bridgehead atoms. The van der Waals surface area contributed by atoms with E-state index in [1.807, 2.05) is 25.1 Å². The van der Waals surface area contributed by atoms with Crippen molar-refractivity contribution in [3.8, 4) is 16.9 Å². The summed E-state index contributed by atoms with van der Waals surface area (Å²) in [5.41, 5.74) is 3.03. The first-order chi connectivity index (χ1) is 8.54. The number of hydrogen-bond acceptors (Lipinski definition) is 2. The lowest BCUT2D eigenvalue weighted by atomic mass is 10.0. The standard InChI is InChI=1S/C13H14F2N2O/c1-8-6-10(18-3)4-5-11(8)12-7-16-17(9(12)2)13(14)15/h4-7,13H,1-3H3. The van der Waals surface area contributed by atoms with Crippen LogP contribution in [0, 0.1) is 13.8 Å². The van der Waals surface area contributed by atoms with Crippen molar-refractivity contribution in [1.29, 1.82) is 0 Å². The van der Waals surface area contributed by atoms with E-state index in [2.05, 4.69) is 5.10 Å². The van der Waals surface area contributed by atoms with Crippen LogP contribution in [-0.2, 0) is 0 Å². The zero-order chi connectivity index (χ0) is 13.3. The van der Waals surface area contributed by atoms with Crippen molar-refractivity contribution >= 4 is 0 Å². The molecular weight excluding hydrogens is 238 g/mol. The average molecular weight is 252 g/mol. The molecule has 1 heterocycles. The first-order valence-corrected chi connectivity index (χ1v) is 5.52. The van der Waals surface area contributed by atoms with Crippen molar-refractivity contribution in [1.82, 2.24) is 9.78 Å². The minimum Gasteiger partial charge on any atom is -0.497 e. The molecule has 0 saturated heterocycles. The highest BCUT2D eigenvalue weighted by Gasteiger charge is 2.15. The lowest BCUT2D eigenvalue weighted by Crippen LogP contribution is -2.02. The molecule has 0 atom stereocenters. The fraction of sp³-hybridized carbons (Fsp3) is 0.308. The van der Waals surface area contributed by atoms with Gasteiger partial charge in [0, 0.05) is 11.3 Å². The van der Waals surface area contributed by atoms with Crippen LogP contribution in [-0.4, -0.2) is 16.9 Å². The number of aryl methyl sites for hydroxylation is 1. The summed E-state index contributed by atoms with van der Waals surface area (Å²) in [7, 11) is 1.59. The van der Waals surface area contributed by atoms with Gasteiger partial charge in [0.1, 0.15) is 5.75 Å². The summed E-state index contributed by atoms with van der Waals surface area (Å²) in [6.07, 6.45) is 1.47. The third kappa shape index (κ3) is 2.08. The van der Waals surface area contributed by atoms with Crippen molar-refractivity contribution in [2.24, 2.45) is 0 Å². The Bertz CT molecular complexity index is 564. The van der Waals surface area contributed by atoms with Gasteiger partial charge in [-0.3, -0.25) is 0 Å². The second-order valence-electron chi connectivity index (χ2n) is 4.05. The second kappa shape index (κ2) is 4.76. The topological polar surface area (TPSA) is 27.1 Å². The molecule has 18 heavy (non-hydrogen) atoms. The van der Waals surface area contributed by atoms with Crippen LogP contribution in [0.5, 0.6) is 5.75 Å². The highest BCUT2D eigenvalue weighted by Crippen LogP contribution is 2.30. The number of alkyl halides is 2. The van der Waals surface area contributed by atoms with Crippen molar-refractivity contribution in [2.45, 2.75) is 20.4 Å². The molecule has 1 aromatic heterocycles. The van der Waals surface area contributed by atoms with E-state index in [-0.39, 0.29) is 0 Å². The maximum Gasteiger partial charge on any atom is 0.333 e. The van der Waals surface area contributed by atoms with Gasteiger partial charge in [0.05, 0.1) is 13.3 Å². The zero-order valence-electron chi connectivity index (χ0n) is 10.4. The van der Waals surface area contributed by atoms with E-state index < -0.39 is 6.55 Å². The minimum absolute atomic E-state index is 0.457. The maximum absolute atomic E-state index is 12.7. The first-order valence-electron chi connectivity index (χ1n) is 5.52. The van der Waals surface area contributed by atoms with E-state index in [9.17, 15) is 8.78 Å². The summed E-state index contributed by atoms with van der Waals surface area (Å²) in [6, 6.07) is 5.53. The van der Waals surface area contributed by atoms with Gasteiger partial charge in [-0.15, -0.1) is 0 Å². The normalized spacial score (nSPS) is 11.0. The van der Waals surface area contributed by atoms with Gasteiger partial charge in [0.2, 0.25) is 0 Å². The quantitative estimate of drug-likeness (QED) is 0.835.